The quantitative estimate of drug-likeness (QED) is 0.0821. The van der Waals surface area contributed by atoms with Gasteiger partial charge in [0, 0.05) is 56.5 Å². The van der Waals surface area contributed by atoms with Crippen molar-refractivity contribution in [3.63, 3.8) is 0 Å². The number of quaternary nitrogens is 1. The second-order valence-corrected chi connectivity index (χ2v) is 14.2. The zero-order valence-corrected chi connectivity index (χ0v) is 28.5. The predicted octanol–water partition coefficient (Wildman–Crippen LogP) is 7.12. The van der Waals surface area contributed by atoms with Crippen molar-refractivity contribution < 1.29 is 28.4 Å². The molecule has 0 amide bonds. The van der Waals surface area contributed by atoms with Gasteiger partial charge in [-0.2, -0.15) is 4.57 Å². The summed E-state index contributed by atoms with van der Waals surface area (Å²) in [6.07, 6.45) is 5.86. The van der Waals surface area contributed by atoms with Crippen LogP contribution in [0, 0.1) is 11.8 Å². The highest BCUT2D eigenvalue weighted by atomic mass is 79.9. The molecular weight excluding hydrogens is 684 g/mol. The predicted molar refractivity (Wildman–Crippen MR) is 178 cm³/mol. The topological polar surface area (TPSA) is 51.8 Å². The van der Waals surface area contributed by atoms with Gasteiger partial charge in [0.25, 0.3) is 0 Å². The van der Waals surface area contributed by atoms with E-state index in [1.807, 2.05) is 24.3 Å². The summed E-state index contributed by atoms with van der Waals surface area (Å²) in [5.74, 6) is 3.51. The van der Waals surface area contributed by atoms with Crippen molar-refractivity contribution in [2.75, 3.05) is 27.9 Å². The van der Waals surface area contributed by atoms with Crippen molar-refractivity contribution in [3.8, 4) is 17.2 Å². The average molecular weight is 723 g/mol. The highest BCUT2D eigenvalue weighted by Gasteiger charge is 2.91. The van der Waals surface area contributed by atoms with Crippen LogP contribution in [0.2, 0.25) is 0 Å². The summed E-state index contributed by atoms with van der Waals surface area (Å²) in [6, 6.07) is 20.6. The van der Waals surface area contributed by atoms with E-state index >= 15 is 0 Å². The molecule has 7 rings (SSSR count). The van der Waals surface area contributed by atoms with Gasteiger partial charge in [-0.1, -0.05) is 37.9 Å². The lowest BCUT2D eigenvalue weighted by atomic mass is 9.61. The number of methoxy groups -OCH3 is 3. The number of benzene rings is 3. The Morgan fingerprint density at radius 2 is 1.59 bits per heavy atom. The molecule has 3 aliphatic rings. The minimum Gasteiger partial charge on any atom is -0.497 e. The largest absolute Gasteiger partial charge is 0.497 e. The molecule has 1 aliphatic carbocycles. The van der Waals surface area contributed by atoms with Gasteiger partial charge in [0.2, 0.25) is 5.52 Å². The van der Waals surface area contributed by atoms with E-state index in [1.165, 1.54) is 12.0 Å². The first-order chi connectivity index (χ1) is 21.3. The number of fused-ring (bicyclic) bond motifs is 1. The molecular formula is C36H38Br2N2O4+2. The number of hydrogen-bond acceptors (Lipinski definition) is 4. The minimum absolute atomic E-state index is 0.0588. The van der Waals surface area contributed by atoms with E-state index in [0.29, 0.717) is 18.4 Å². The Hall–Kier alpha value is -2.91. The van der Waals surface area contributed by atoms with E-state index in [4.69, 9.17) is 14.2 Å². The average Bonchev–Trinajstić information content (AvgIpc) is 3.55. The highest BCUT2D eigenvalue weighted by Crippen LogP contribution is 2.76. The number of nitrogens with zero attached hydrogens (tertiary/aromatic N) is 2. The van der Waals surface area contributed by atoms with E-state index < -0.39 is 6.10 Å². The summed E-state index contributed by atoms with van der Waals surface area (Å²) in [7, 11) is 5.09. The number of pyridine rings is 1. The van der Waals surface area contributed by atoms with E-state index in [1.54, 1.807) is 21.3 Å². The molecule has 1 N–H and O–H groups in total. The Bertz CT molecular complexity index is 1780. The van der Waals surface area contributed by atoms with Gasteiger partial charge < -0.3 is 19.3 Å². The summed E-state index contributed by atoms with van der Waals surface area (Å²) in [5.41, 5.74) is 4.40. The molecule has 6 atom stereocenters. The lowest BCUT2D eigenvalue weighted by Gasteiger charge is -2.38. The zero-order valence-electron chi connectivity index (χ0n) is 25.3. The molecule has 44 heavy (non-hydrogen) atoms. The summed E-state index contributed by atoms with van der Waals surface area (Å²) in [5, 5.41) is 13.5. The normalized spacial score (nSPS) is 27.2. The van der Waals surface area contributed by atoms with E-state index in [0.717, 1.165) is 72.2 Å². The summed E-state index contributed by atoms with van der Waals surface area (Å²) in [4.78, 5) is 0. The van der Waals surface area contributed by atoms with Crippen LogP contribution in [0.3, 0.4) is 0 Å². The van der Waals surface area contributed by atoms with Crippen LogP contribution in [0.15, 0.2) is 88.5 Å². The number of piperidine rings is 1. The number of hydrogen-bond donors (Lipinski definition) is 1. The Kier molecular flexibility index (Phi) is 7.55. The smallest absolute Gasteiger partial charge is 0.213 e. The van der Waals surface area contributed by atoms with Crippen LogP contribution < -0.4 is 18.8 Å². The van der Waals surface area contributed by atoms with Crippen LogP contribution >= 0.6 is 31.9 Å². The van der Waals surface area contributed by atoms with Crippen LogP contribution in [0.1, 0.15) is 35.6 Å². The fourth-order valence-electron chi connectivity index (χ4n) is 8.79. The van der Waals surface area contributed by atoms with Crippen molar-refractivity contribution in [3.05, 3.63) is 105 Å². The fraction of sp³-hybridized carbons (Fsp3) is 0.361. The summed E-state index contributed by atoms with van der Waals surface area (Å²) >= 11 is 7.54. The standard InChI is InChI=1S/C36H38Br2N2O4/c1-5-22-19-36-30(22)13-15-40(36,21-24-17-26(43-3)7-10-32(24)38)35(36)34(41)28-12-14-39(33-11-8-27(44-4)18-29(28)33)20-23-16-25(42-2)6-9-31(23)37/h5-12,14,16-18,22,30,34-35,41H,1,13,15,19-21H2,2-4H3/q+2. The third-order valence-electron chi connectivity index (χ3n) is 10.8. The molecule has 2 aliphatic heterocycles. The van der Waals surface area contributed by atoms with Crippen LogP contribution in [0.25, 0.3) is 10.9 Å². The molecule has 4 aromatic rings. The lowest BCUT2D eigenvalue weighted by Crippen LogP contribution is -2.46. The molecule has 6 nitrogen and oxygen atoms in total. The molecule has 228 valence electrons. The summed E-state index contributed by atoms with van der Waals surface area (Å²) < 4.78 is 22.0. The molecule has 6 unspecified atom stereocenters. The first-order valence-electron chi connectivity index (χ1n) is 15.1. The maximum absolute atomic E-state index is 12.5. The third kappa shape index (κ3) is 4.36. The number of aromatic nitrogens is 1. The molecule has 2 saturated heterocycles. The Labute approximate surface area is 275 Å². The SMILES string of the molecule is C=CC1CC23C1CC[N+]2(Cc1cc(OC)ccc1Br)C3C(O)c1cc[n+](Cc2cc(OC)ccc2Br)c2ccc(OC)cc12. The Morgan fingerprint density at radius 3 is 2.27 bits per heavy atom. The molecule has 3 heterocycles. The first-order valence-corrected chi connectivity index (χ1v) is 16.7. The Morgan fingerprint density at radius 1 is 0.955 bits per heavy atom. The molecule has 1 saturated carbocycles. The van der Waals surface area contributed by atoms with Gasteiger partial charge >= 0.3 is 0 Å². The number of ether oxygens (including phenoxy) is 3. The van der Waals surface area contributed by atoms with Crippen molar-refractivity contribution >= 4 is 42.8 Å². The first kappa shape index (κ1) is 29.8. The minimum atomic E-state index is -0.624. The molecule has 0 radical (unpaired) electrons. The van der Waals surface area contributed by atoms with Gasteiger partial charge in [0.1, 0.15) is 29.9 Å². The maximum Gasteiger partial charge on any atom is 0.213 e. The molecule has 3 fully saturated rings. The molecule has 1 spiro atoms. The molecule has 3 aromatic carbocycles. The van der Waals surface area contributed by atoms with Gasteiger partial charge in [-0.25, -0.2) is 0 Å². The second-order valence-electron chi connectivity index (χ2n) is 12.5. The lowest BCUT2D eigenvalue weighted by molar-refractivity contribution is -0.851. The fourth-order valence-corrected chi connectivity index (χ4v) is 9.53. The zero-order chi connectivity index (χ0) is 30.8. The van der Waals surface area contributed by atoms with E-state index in [-0.39, 0.29) is 11.6 Å². The Balaban J connectivity index is 1.30. The second kappa shape index (κ2) is 11.2. The number of rotatable bonds is 10. The van der Waals surface area contributed by atoms with Crippen molar-refractivity contribution in [1.29, 1.82) is 0 Å². The van der Waals surface area contributed by atoms with Gasteiger partial charge in [-0.3, -0.25) is 4.48 Å². The molecule has 1 aromatic heterocycles. The third-order valence-corrected chi connectivity index (χ3v) is 12.4. The van der Waals surface area contributed by atoms with Gasteiger partial charge in [0.05, 0.1) is 33.3 Å². The number of allylic oxidation sites excluding steroid dienone is 1. The van der Waals surface area contributed by atoms with Crippen LogP contribution in [-0.2, 0) is 13.1 Å². The van der Waals surface area contributed by atoms with Crippen LogP contribution in [0.5, 0.6) is 17.2 Å². The van der Waals surface area contributed by atoms with Gasteiger partial charge in [-0.05, 0) is 54.4 Å². The number of aliphatic hydroxyl groups is 1. The van der Waals surface area contributed by atoms with Crippen LogP contribution in [-0.4, -0.2) is 49.0 Å². The highest BCUT2D eigenvalue weighted by molar-refractivity contribution is 9.10. The molecule has 8 heteroatoms. The molecule has 0 bridgehead atoms. The van der Waals surface area contributed by atoms with Gasteiger partial charge in [0.15, 0.2) is 24.3 Å². The monoisotopic (exact) mass is 720 g/mol. The van der Waals surface area contributed by atoms with Crippen molar-refractivity contribution in [2.45, 2.75) is 43.6 Å². The number of aliphatic hydroxyl groups excluding tert-OH is 1. The number of halogens is 2. The van der Waals surface area contributed by atoms with E-state index in [2.05, 4.69) is 91.7 Å². The van der Waals surface area contributed by atoms with Gasteiger partial charge in [-0.15, -0.1) is 6.58 Å². The van der Waals surface area contributed by atoms with E-state index in [9.17, 15) is 5.11 Å². The van der Waals surface area contributed by atoms with Crippen molar-refractivity contribution in [2.24, 2.45) is 11.8 Å². The summed E-state index contributed by atoms with van der Waals surface area (Å²) in [6.45, 7) is 6.73. The van der Waals surface area contributed by atoms with Crippen molar-refractivity contribution in [1.82, 2.24) is 0 Å². The maximum atomic E-state index is 12.5. The van der Waals surface area contributed by atoms with Crippen LogP contribution in [0.4, 0.5) is 0 Å².